The Bertz CT molecular complexity index is 518. The minimum atomic E-state index is 0.455. The van der Waals surface area contributed by atoms with Crippen molar-refractivity contribution in [1.29, 1.82) is 0 Å². The zero-order valence-corrected chi connectivity index (χ0v) is 11.0. The molecule has 2 heteroatoms. The Hall–Kier alpha value is -1.80. The number of hydrogen-bond donors (Lipinski definition) is 1. The fraction of sp³-hybridized carbons (Fsp3) is 0.294. The normalized spacial score (nSPS) is 18.4. The lowest BCUT2D eigenvalue weighted by Gasteiger charge is -2.16. The average Bonchev–Trinajstić information content (AvgIpc) is 2.95. The molecule has 0 spiro atoms. The SMILES string of the molecule is c1ccc(Cc2ccccc2NC2CCOC2)cc1. The van der Waals surface area contributed by atoms with Gasteiger partial charge in [0.2, 0.25) is 0 Å². The van der Waals surface area contributed by atoms with Crippen molar-refractivity contribution in [1.82, 2.24) is 0 Å². The molecule has 1 saturated heterocycles. The summed E-state index contributed by atoms with van der Waals surface area (Å²) in [5.41, 5.74) is 3.93. The highest BCUT2D eigenvalue weighted by molar-refractivity contribution is 5.53. The van der Waals surface area contributed by atoms with E-state index in [0.717, 1.165) is 26.1 Å². The minimum absolute atomic E-state index is 0.455. The summed E-state index contributed by atoms with van der Waals surface area (Å²) >= 11 is 0. The highest BCUT2D eigenvalue weighted by Crippen LogP contribution is 2.21. The topological polar surface area (TPSA) is 21.3 Å². The quantitative estimate of drug-likeness (QED) is 0.900. The second-order valence-corrected chi connectivity index (χ2v) is 5.02. The van der Waals surface area contributed by atoms with Crippen molar-refractivity contribution in [2.24, 2.45) is 0 Å². The molecule has 2 aromatic carbocycles. The van der Waals surface area contributed by atoms with Gasteiger partial charge in [-0.05, 0) is 30.0 Å². The molecule has 1 aliphatic rings. The summed E-state index contributed by atoms with van der Waals surface area (Å²) in [6, 6.07) is 19.6. The molecule has 2 aromatic rings. The van der Waals surface area contributed by atoms with E-state index in [1.54, 1.807) is 0 Å². The number of benzene rings is 2. The van der Waals surface area contributed by atoms with Crippen LogP contribution in [0.5, 0.6) is 0 Å². The first-order valence-corrected chi connectivity index (χ1v) is 6.88. The molecule has 0 radical (unpaired) electrons. The molecule has 1 atom stereocenters. The Labute approximate surface area is 114 Å². The zero-order chi connectivity index (χ0) is 12.9. The van der Waals surface area contributed by atoms with E-state index in [-0.39, 0.29) is 0 Å². The molecule has 19 heavy (non-hydrogen) atoms. The van der Waals surface area contributed by atoms with Gasteiger partial charge in [0.05, 0.1) is 12.6 Å². The van der Waals surface area contributed by atoms with Crippen molar-refractivity contribution in [3.63, 3.8) is 0 Å². The van der Waals surface area contributed by atoms with E-state index in [9.17, 15) is 0 Å². The molecule has 2 nitrogen and oxygen atoms in total. The minimum Gasteiger partial charge on any atom is -0.380 e. The van der Waals surface area contributed by atoms with E-state index < -0.39 is 0 Å². The van der Waals surface area contributed by atoms with Crippen LogP contribution in [0.25, 0.3) is 0 Å². The summed E-state index contributed by atoms with van der Waals surface area (Å²) in [4.78, 5) is 0. The molecule has 1 N–H and O–H groups in total. The van der Waals surface area contributed by atoms with Crippen LogP contribution in [0.3, 0.4) is 0 Å². The van der Waals surface area contributed by atoms with Crippen LogP contribution in [0.15, 0.2) is 54.6 Å². The predicted molar refractivity (Wildman–Crippen MR) is 78.5 cm³/mol. The van der Waals surface area contributed by atoms with Gasteiger partial charge in [-0.15, -0.1) is 0 Å². The Morgan fingerprint density at radius 3 is 2.58 bits per heavy atom. The van der Waals surface area contributed by atoms with Crippen molar-refractivity contribution >= 4 is 5.69 Å². The fourth-order valence-electron chi connectivity index (χ4n) is 2.50. The summed E-state index contributed by atoms with van der Waals surface area (Å²) in [5, 5.41) is 3.60. The molecule has 1 fully saturated rings. The molecule has 0 bridgehead atoms. The number of ether oxygens (including phenoxy) is 1. The lowest BCUT2D eigenvalue weighted by molar-refractivity contribution is 0.195. The van der Waals surface area contributed by atoms with Crippen LogP contribution in [0, 0.1) is 0 Å². The second kappa shape index (κ2) is 5.89. The summed E-state index contributed by atoms with van der Waals surface area (Å²) in [6.07, 6.45) is 2.07. The van der Waals surface area contributed by atoms with Crippen molar-refractivity contribution in [3.05, 3.63) is 65.7 Å². The summed E-state index contributed by atoms with van der Waals surface area (Å²) < 4.78 is 5.42. The molecule has 1 unspecified atom stereocenters. The third-order valence-electron chi connectivity index (χ3n) is 3.54. The largest absolute Gasteiger partial charge is 0.380 e. The number of nitrogens with one attached hydrogen (secondary N) is 1. The van der Waals surface area contributed by atoms with Crippen LogP contribution in [0.1, 0.15) is 17.5 Å². The maximum absolute atomic E-state index is 5.42. The summed E-state index contributed by atoms with van der Waals surface area (Å²) in [6.45, 7) is 1.69. The van der Waals surface area contributed by atoms with Crippen LogP contribution >= 0.6 is 0 Å². The number of rotatable bonds is 4. The standard InChI is InChI=1S/C17H19NO/c1-2-6-14(7-3-1)12-15-8-4-5-9-17(15)18-16-10-11-19-13-16/h1-9,16,18H,10-13H2. The average molecular weight is 253 g/mol. The van der Waals surface area contributed by atoms with Gasteiger partial charge < -0.3 is 10.1 Å². The number of anilines is 1. The van der Waals surface area contributed by atoms with E-state index in [1.165, 1.54) is 16.8 Å². The molecule has 1 aliphatic heterocycles. The highest BCUT2D eigenvalue weighted by atomic mass is 16.5. The van der Waals surface area contributed by atoms with Crippen LogP contribution in [0.2, 0.25) is 0 Å². The second-order valence-electron chi connectivity index (χ2n) is 5.02. The Kier molecular flexibility index (Phi) is 3.80. The number of hydrogen-bond acceptors (Lipinski definition) is 2. The van der Waals surface area contributed by atoms with E-state index in [2.05, 4.69) is 59.9 Å². The van der Waals surface area contributed by atoms with Gasteiger partial charge in [0.25, 0.3) is 0 Å². The van der Waals surface area contributed by atoms with Crippen LogP contribution < -0.4 is 5.32 Å². The van der Waals surface area contributed by atoms with E-state index >= 15 is 0 Å². The van der Waals surface area contributed by atoms with Gasteiger partial charge in [-0.2, -0.15) is 0 Å². The molecule has 0 aromatic heterocycles. The number of para-hydroxylation sites is 1. The fourth-order valence-corrected chi connectivity index (χ4v) is 2.50. The van der Waals surface area contributed by atoms with E-state index in [1.807, 2.05) is 0 Å². The van der Waals surface area contributed by atoms with Crippen LogP contribution in [-0.2, 0) is 11.2 Å². The zero-order valence-electron chi connectivity index (χ0n) is 11.0. The van der Waals surface area contributed by atoms with Crippen molar-refractivity contribution in [2.75, 3.05) is 18.5 Å². The van der Waals surface area contributed by atoms with Gasteiger partial charge in [0, 0.05) is 12.3 Å². The molecular weight excluding hydrogens is 234 g/mol. The Morgan fingerprint density at radius 2 is 1.79 bits per heavy atom. The third-order valence-corrected chi connectivity index (χ3v) is 3.54. The van der Waals surface area contributed by atoms with Crippen molar-refractivity contribution in [3.8, 4) is 0 Å². The molecular formula is C17H19NO. The van der Waals surface area contributed by atoms with Gasteiger partial charge in [-0.1, -0.05) is 48.5 Å². The maximum Gasteiger partial charge on any atom is 0.0668 e. The molecule has 98 valence electrons. The lowest BCUT2D eigenvalue weighted by atomic mass is 10.0. The molecule has 0 amide bonds. The first-order chi connectivity index (χ1) is 9.42. The van der Waals surface area contributed by atoms with Gasteiger partial charge >= 0.3 is 0 Å². The Morgan fingerprint density at radius 1 is 1.00 bits per heavy atom. The van der Waals surface area contributed by atoms with Gasteiger partial charge in [-0.3, -0.25) is 0 Å². The van der Waals surface area contributed by atoms with Crippen LogP contribution in [0.4, 0.5) is 5.69 Å². The maximum atomic E-state index is 5.42. The third kappa shape index (κ3) is 3.15. The van der Waals surface area contributed by atoms with Crippen molar-refractivity contribution in [2.45, 2.75) is 18.9 Å². The lowest BCUT2D eigenvalue weighted by Crippen LogP contribution is -2.19. The molecule has 3 rings (SSSR count). The first-order valence-electron chi connectivity index (χ1n) is 6.88. The summed E-state index contributed by atoms with van der Waals surface area (Å²) in [7, 11) is 0. The van der Waals surface area contributed by atoms with Crippen LogP contribution in [-0.4, -0.2) is 19.3 Å². The smallest absolute Gasteiger partial charge is 0.0668 e. The van der Waals surface area contributed by atoms with Gasteiger partial charge in [0.15, 0.2) is 0 Å². The van der Waals surface area contributed by atoms with Crippen molar-refractivity contribution < 1.29 is 4.74 Å². The highest BCUT2D eigenvalue weighted by Gasteiger charge is 2.16. The summed E-state index contributed by atoms with van der Waals surface area (Å²) in [5.74, 6) is 0. The Balaban J connectivity index is 1.77. The van der Waals surface area contributed by atoms with E-state index in [4.69, 9.17) is 4.74 Å². The molecule has 0 saturated carbocycles. The van der Waals surface area contributed by atoms with E-state index in [0.29, 0.717) is 6.04 Å². The molecule has 1 heterocycles. The molecule has 0 aliphatic carbocycles. The predicted octanol–water partition coefficient (Wildman–Crippen LogP) is 3.48. The monoisotopic (exact) mass is 253 g/mol. The van der Waals surface area contributed by atoms with Gasteiger partial charge in [0.1, 0.15) is 0 Å². The first kappa shape index (κ1) is 12.2. The van der Waals surface area contributed by atoms with Gasteiger partial charge in [-0.25, -0.2) is 0 Å².